The highest BCUT2D eigenvalue weighted by atomic mass is 32.2. The van der Waals surface area contributed by atoms with Gasteiger partial charge in [0.2, 0.25) is 0 Å². The topological polar surface area (TPSA) is 78.1 Å². The van der Waals surface area contributed by atoms with Gasteiger partial charge in [0.15, 0.2) is 5.03 Å². The van der Waals surface area contributed by atoms with Gasteiger partial charge >= 0.3 is 0 Å². The van der Waals surface area contributed by atoms with Crippen molar-refractivity contribution in [1.29, 1.82) is 0 Å². The number of hydrogen-bond donors (Lipinski definition) is 2. The maximum atomic E-state index is 14.1. The van der Waals surface area contributed by atoms with Gasteiger partial charge in [-0.2, -0.15) is 13.5 Å². The summed E-state index contributed by atoms with van der Waals surface area (Å²) in [5.74, 6) is -0.429. The van der Waals surface area contributed by atoms with E-state index in [-0.39, 0.29) is 10.7 Å². The van der Waals surface area contributed by atoms with E-state index in [2.05, 4.69) is 14.9 Å². The Morgan fingerprint density at radius 1 is 1.24 bits per heavy atom. The fourth-order valence-electron chi connectivity index (χ4n) is 2.39. The highest BCUT2D eigenvalue weighted by molar-refractivity contribution is 7.92. The first kappa shape index (κ1) is 13.9. The molecule has 2 N–H and O–H groups in total. The van der Waals surface area contributed by atoms with E-state index in [0.29, 0.717) is 5.69 Å². The summed E-state index contributed by atoms with van der Waals surface area (Å²) >= 11 is 0. The van der Waals surface area contributed by atoms with Crippen LogP contribution in [0.1, 0.15) is 12.8 Å². The molecule has 1 saturated heterocycles. The molecular formula is C13H15FN4O2S. The van der Waals surface area contributed by atoms with E-state index in [4.69, 9.17) is 0 Å². The number of nitrogens with zero attached hydrogens (tertiary/aromatic N) is 2. The van der Waals surface area contributed by atoms with E-state index in [9.17, 15) is 12.8 Å². The third kappa shape index (κ3) is 2.85. The molecule has 0 saturated carbocycles. The number of rotatable bonds is 4. The number of hydrogen-bond acceptors (Lipinski definition) is 4. The van der Waals surface area contributed by atoms with Gasteiger partial charge in [-0.3, -0.25) is 9.82 Å². The van der Waals surface area contributed by atoms with Crippen LogP contribution in [0.3, 0.4) is 0 Å². The predicted molar refractivity (Wildman–Crippen MR) is 77.2 cm³/mol. The number of aromatic amines is 1. The van der Waals surface area contributed by atoms with Crippen LogP contribution in [0.5, 0.6) is 0 Å². The van der Waals surface area contributed by atoms with E-state index in [1.54, 1.807) is 12.1 Å². The second-order valence-corrected chi connectivity index (χ2v) is 6.54. The Morgan fingerprint density at radius 3 is 2.62 bits per heavy atom. The molecule has 0 aliphatic carbocycles. The van der Waals surface area contributed by atoms with Gasteiger partial charge in [-0.15, -0.1) is 0 Å². The number of sulfonamides is 1. The van der Waals surface area contributed by atoms with Gasteiger partial charge in [0, 0.05) is 19.2 Å². The first-order chi connectivity index (χ1) is 10.1. The average Bonchev–Trinajstić information content (AvgIpc) is 3.12. The van der Waals surface area contributed by atoms with Crippen molar-refractivity contribution in [3.05, 3.63) is 36.3 Å². The molecule has 8 heteroatoms. The van der Waals surface area contributed by atoms with Crippen LogP contribution < -0.4 is 9.62 Å². The van der Waals surface area contributed by atoms with Crippen molar-refractivity contribution in [2.45, 2.75) is 17.9 Å². The van der Waals surface area contributed by atoms with E-state index < -0.39 is 15.8 Å². The lowest BCUT2D eigenvalue weighted by atomic mass is 10.2. The minimum atomic E-state index is -3.77. The predicted octanol–water partition coefficient (Wildman–Crippen LogP) is 1.95. The summed E-state index contributed by atoms with van der Waals surface area (Å²) in [5, 5.41) is 5.89. The number of nitrogens with one attached hydrogen (secondary N) is 2. The standard InChI is InChI=1S/C13H15FN4O2S/c14-11-9-10(3-4-12(11)18-7-1-2-8-18)17-21(19,20)13-5-6-15-16-13/h3-6,9,17H,1-2,7-8H2,(H,15,16). The molecule has 1 aromatic carbocycles. The lowest BCUT2D eigenvalue weighted by Crippen LogP contribution is -2.19. The van der Waals surface area contributed by atoms with E-state index in [1.807, 2.05) is 4.90 Å². The maximum Gasteiger partial charge on any atom is 0.278 e. The minimum absolute atomic E-state index is 0.0634. The average molecular weight is 310 g/mol. The van der Waals surface area contributed by atoms with Crippen molar-refractivity contribution in [3.63, 3.8) is 0 Å². The highest BCUT2D eigenvalue weighted by Gasteiger charge is 2.19. The van der Waals surface area contributed by atoms with E-state index >= 15 is 0 Å². The van der Waals surface area contributed by atoms with Crippen LogP contribution in [0.2, 0.25) is 0 Å². The second-order valence-electron chi connectivity index (χ2n) is 4.89. The third-order valence-electron chi connectivity index (χ3n) is 3.41. The SMILES string of the molecule is O=S(=O)(Nc1ccc(N2CCCC2)c(F)c1)c1ccn[nH]1. The monoisotopic (exact) mass is 310 g/mol. The summed E-state index contributed by atoms with van der Waals surface area (Å²) in [4.78, 5) is 1.96. The zero-order chi connectivity index (χ0) is 14.9. The van der Waals surface area contributed by atoms with Gasteiger partial charge in [-0.1, -0.05) is 0 Å². The lowest BCUT2D eigenvalue weighted by Gasteiger charge is -2.18. The highest BCUT2D eigenvalue weighted by Crippen LogP contribution is 2.26. The quantitative estimate of drug-likeness (QED) is 0.905. The Balaban J connectivity index is 1.82. The maximum absolute atomic E-state index is 14.1. The number of anilines is 2. The van der Waals surface area contributed by atoms with Crippen molar-refractivity contribution in [3.8, 4) is 0 Å². The first-order valence-electron chi connectivity index (χ1n) is 6.63. The number of H-pyrrole nitrogens is 1. The molecule has 0 unspecified atom stereocenters. The number of halogens is 1. The molecule has 1 fully saturated rings. The molecule has 0 amide bonds. The molecule has 3 rings (SSSR count). The van der Waals surface area contributed by atoms with Crippen LogP contribution >= 0.6 is 0 Å². The Bertz CT molecular complexity index is 725. The summed E-state index contributed by atoms with van der Waals surface area (Å²) in [6.07, 6.45) is 3.44. The Morgan fingerprint density at radius 2 is 2.00 bits per heavy atom. The van der Waals surface area contributed by atoms with Gasteiger partial charge in [0.25, 0.3) is 10.0 Å². The molecule has 0 radical (unpaired) electrons. The summed E-state index contributed by atoms with van der Waals surface area (Å²) in [6, 6.07) is 5.69. The number of benzene rings is 1. The zero-order valence-corrected chi connectivity index (χ0v) is 12.0. The molecule has 1 aromatic heterocycles. The smallest absolute Gasteiger partial charge is 0.278 e. The van der Waals surface area contributed by atoms with Gasteiger partial charge in [0.05, 0.1) is 17.6 Å². The molecule has 0 bridgehead atoms. The second kappa shape index (κ2) is 5.36. The van der Waals surface area contributed by atoms with Crippen LogP contribution in [-0.2, 0) is 10.0 Å². The first-order valence-corrected chi connectivity index (χ1v) is 8.11. The molecule has 112 valence electrons. The van der Waals surface area contributed by atoms with Crippen molar-refractivity contribution >= 4 is 21.4 Å². The zero-order valence-electron chi connectivity index (χ0n) is 11.2. The fraction of sp³-hybridized carbons (Fsp3) is 0.308. The number of aromatic nitrogens is 2. The molecule has 0 spiro atoms. The minimum Gasteiger partial charge on any atom is -0.369 e. The van der Waals surface area contributed by atoms with Gasteiger partial charge in [-0.25, -0.2) is 4.39 Å². The molecule has 6 nitrogen and oxygen atoms in total. The van der Waals surface area contributed by atoms with Crippen LogP contribution in [0.4, 0.5) is 15.8 Å². The molecule has 2 heterocycles. The van der Waals surface area contributed by atoms with Gasteiger partial charge in [-0.05, 0) is 31.0 Å². The Kier molecular flexibility index (Phi) is 3.54. The van der Waals surface area contributed by atoms with Crippen molar-refractivity contribution in [2.24, 2.45) is 0 Å². The van der Waals surface area contributed by atoms with Crippen molar-refractivity contribution in [1.82, 2.24) is 10.2 Å². The molecular weight excluding hydrogens is 295 g/mol. The lowest BCUT2D eigenvalue weighted by molar-refractivity contribution is 0.597. The summed E-state index contributed by atoms with van der Waals surface area (Å²) < 4.78 is 40.4. The largest absolute Gasteiger partial charge is 0.369 e. The van der Waals surface area contributed by atoms with Crippen LogP contribution in [-0.4, -0.2) is 31.7 Å². The van der Waals surface area contributed by atoms with Gasteiger partial charge < -0.3 is 4.90 Å². The van der Waals surface area contributed by atoms with Crippen LogP contribution in [0.25, 0.3) is 0 Å². The van der Waals surface area contributed by atoms with Crippen molar-refractivity contribution in [2.75, 3.05) is 22.7 Å². The molecule has 0 atom stereocenters. The molecule has 21 heavy (non-hydrogen) atoms. The molecule has 1 aliphatic heterocycles. The third-order valence-corrected chi connectivity index (χ3v) is 4.72. The molecule has 2 aromatic rings. The van der Waals surface area contributed by atoms with Crippen LogP contribution in [0, 0.1) is 5.82 Å². The Hall–Kier alpha value is -2.09. The van der Waals surface area contributed by atoms with Crippen molar-refractivity contribution < 1.29 is 12.8 Å². The van der Waals surface area contributed by atoms with E-state index in [0.717, 1.165) is 25.9 Å². The summed E-state index contributed by atoms with van der Waals surface area (Å²) in [5.41, 5.74) is 0.696. The summed E-state index contributed by atoms with van der Waals surface area (Å²) in [6.45, 7) is 1.66. The van der Waals surface area contributed by atoms with E-state index in [1.165, 1.54) is 18.3 Å². The normalized spacial score (nSPS) is 15.4. The Labute approximate surface area is 122 Å². The summed E-state index contributed by atoms with van der Waals surface area (Å²) in [7, 11) is -3.77. The van der Waals surface area contributed by atoms with Gasteiger partial charge in [0.1, 0.15) is 5.82 Å². The fourth-order valence-corrected chi connectivity index (χ4v) is 3.35. The molecule has 1 aliphatic rings. The van der Waals surface area contributed by atoms with Crippen LogP contribution in [0.15, 0.2) is 35.5 Å².